The lowest BCUT2D eigenvalue weighted by Gasteiger charge is -2.17. The summed E-state index contributed by atoms with van der Waals surface area (Å²) in [5, 5.41) is 2.78. The zero-order valence-corrected chi connectivity index (χ0v) is 16.0. The molecule has 0 spiro atoms. The number of nitrogens with one attached hydrogen (secondary N) is 2. The van der Waals surface area contributed by atoms with E-state index < -0.39 is 5.76 Å². The number of ether oxygens (including phenoxy) is 3. The Labute approximate surface area is 161 Å². The van der Waals surface area contributed by atoms with Gasteiger partial charge in [-0.3, -0.25) is 9.78 Å². The highest BCUT2D eigenvalue weighted by atomic mass is 16.5. The van der Waals surface area contributed by atoms with Gasteiger partial charge in [-0.05, 0) is 45.0 Å². The molecule has 0 bridgehead atoms. The molecule has 0 fully saturated rings. The van der Waals surface area contributed by atoms with Crippen LogP contribution in [-0.2, 0) is 0 Å². The van der Waals surface area contributed by atoms with Crippen LogP contribution in [0.25, 0.3) is 11.1 Å². The lowest BCUT2D eigenvalue weighted by atomic mass is 10.1. The van der Waals surface area contributed by atoms with Crippen LogP contribution >= 0.6 is 0 Å². The van der Waals surface area contributed by atoms with E-state index in [9.17, 15) is 9.59 Å². The maximum absolute atomic E-state index is 12.8. The Morgan fingerprint density at radius 3 is 2.25 bits per heavy atom. The number of fused-ring (bicyclic) bond motifs is 1. The second-order valence-electron chi connectivity index (χ2n) is 5.78. The lowest BCUT2D eigenvalue weighted by Crippen LogP contribution is -2.13. The van der Waals surface area contributed by atoms with E-state index in [1.165, 1.54) is 0 Å². The zero-order chi connectivity index (χ0) is 20.1. The van der Waals surface area contributed by atoms with Crippen molar-refractivity contribution >= 4 is 22.7 Å². The van der Waals surface area contributed by atoms with Crippen LogP contribution in [0.2, 0.25) is 0 Å². The van der Waals surface area contributed by atoms with E-state index >= 15 is 0 Å². The van der Waals surface area contributed by atoms with Crippen LogP contribution in [-0.4, -0.2) is 30.7 Å². The molecule has 1 heterocycles. The molecule has 3 rings (SSSR count). The fourth-order valence-corrected chi connectivity index (χ4v) is 2.75. The minimum Gasteiger partial charge on any atom is -0.490 e. The van der Waals surface area contributed by atoms with Gasteiger partial charge in [-0.15, -0.1) is 0 Å². The molecule has 0 aliphatic heterocycles. The monoisotopic (exact) mass is 386 g/mol. The average Bonchev–Trinajstić information content (AvgIpc) is 3.03. The Bertz CT molecular complexity index is 1010. The van der Waals surface area contributed by atoms with E-state index in [0.717, 1.165) is 0 Å². The average molecular weight is 386 g/mol. The number of hydrogen-bond donors (Lipinski definition) is 2. The first-order chi connectivity index (χ1) is 13.5. The van der Waals surface area contributed by atoms with Gasteiger partial charge in [0.1, 0.15) is 0 Å². The Hall–Kier alpha value is -3.42. The van der Waals surface area contributed by atoms with Crippen LogP contribution in [0, 0.1) is 0 Å². The van der Waals surface area contributed by atoms with Gasteiger partial charge in [-0.1, -0.05) is 0 Å². The Morgan fingerprint density at radius 1 is 1.00 bits per heavy atom. The van der Waals surface area contributed by atoms with Crippen LogP contribution in [0.4, 0.5) is 5.69 Å². The van der Waals surface area contributed by atoms with Gasteiger partial charge < -0.3 is 23.9 Å². The molecule has 2 N–H and O–H groups in total. The molecule has 148 valence electrons. The van der Waals surface area contributed by atoms with Crippen molar-refractivity contribution in [3.63, 3.8) is 0 Å². The Kier molecular flexibility index (Phi) is 5.88. The van der Waals surface area contributed by atoms with Crippen LogP contribution in [0.1, 0.15) is 31.1 Å². The number of anilines is 1. The van der Waals surface area contributed by atoms with Gasteiger partial charge >= 0.3 is 5.76 Å². The molecule has 0 saturated heterocycles. The van der Waals surface area contributed by atoms with Crippen LogP contribution < -0.4 is 25.3 Å². The Morgan fingerprint density at radius 2 is 1.64 bits per heavy atom. The van der Waals surface area contributed by atoms with E-state index in [2.05, 4.69) is 10.3 Å². The molecule has 0 aliphatic carbocycles. The topological polar surface area (TPSA) is 103 Å². The summed E-state index contributed by atoms with van der Waals surface area (Å²) < 4.78 is 21.9. The van der Waals surface area contributed by atoms with Crippen molar-refractivity contribution < 1.29 is 23.4 Å². The summed E-state index contributed by atoms with van der Waals surface area (Å²) in [5.41, 5.74) is 1.76. The summed E-state index contributed by atoms with van der Waals surface area (Å²) in [6.07, 6.45) is 0. The third-order valence-electron chi connectivity index (χ3n) is 3.85. The number of aromatic amines is 1. The standard InChI is InChI=1S/C20H22N2O6/c1-4-25-16-9-12(10-17(26-5-2)18(16)27-6-3)19(23)21-13-7-8-14-15(11-13)28-20(24)22-14/h7-11H,4-6H2,1-3H3,(H,21,23)(H,22,24). The summed E-state index contributed by atoms with van der Waals surface area (Å²) in [5.74, 6) is 0.438. The molecule has 0 unspecified atom stereocenters. The summed E-state index contributed by atoms with van der Waals surface area (Å²) >= 11 is 0. The minimum atomic E-state index is -0.548. The number of oxazole rings is 1. The van der Waals surface area contributed by atoms with Crippen molar-refractivity contribution in [2.24, 2.45) is 0 Å². The van der Waals surface area contributed by atoms with Gasteiger partial charge in [0.25, 0.3) is 5.91 Å². The number of hydrogen-bond acceptors (Lipinski definition) is 6. The molecule has 3 aromatic rings. The van der Waals surface area contributed by atoms with Crippen LogP contribution in [0.3, 0.4) is 0 Å². The zero-order valence-electron chi connectivity index (χ0n) is 16.0. The number of carbonyl (C=O) groups excluding carboxylic acids is 1. The van der Waals surface area contributed by atoms with Crippen molar-refractivity contribution in [1.29, 1.82) is 0 Å². The van der Waals surface area contributed by atoms with Gasteiger partial charge in [-0.2, -0.15) is 0 Å². The van der Waals surface area contributed by atoms with Gasteiger partial charge in [0.2, 0.25) is 5.75 Å². The molecule has 8 heteroatoms. The molecule has 28 heavy (non-hydrogen) atoms. The third kappa shape index (κ3) is 4.11. The summed E-state index contributed by atoms with van der Waals surface area (Å²) in [6.45, 7) is 6.83. The molecule has 0 saturated carbocycles. The predicted molar refractivity (Wildman–Crippen MR) is 105 cm³/mol. The molecule has 0 radical (unpaired) electrons. The van der Waals surface area contributed by atoms with Crippen LogP contribution in [0.15, 0.2) is 39.5 Å². The first-order valence-corrected chi connectivity index (χ1v) is 9.06. The molecule has 0 aliphatic rings. The summed E-state index contributed by atoms with van der Waals surface area (Å²) in [4.78, 5) is 26.6. The van der Waals surface area contributed by atoms with Crippen molar-refractivity contribution in [1.82, 2.24) is 4.98 Å². The number of carbonyl (C=O) groups is 1. The van der Waals surface area contributed by atoms with E-state index in [1.807, 2.05) is 20.8 Å². The van der Waals surface area contributed by atoms with E-state index in [-0.39, 0.29) is 5.91 Å². The smallest absolute Gasteiger partial charge is 0.417 e. The number of aromatic nitrogens is 1. The second-order valence-corrected chi connectivity index (χ2v) is 5.78. The molecule has 1 amide bonds. The van der Waals surface area contributed by atoms with Gasteiger partial charge in [0, 0.05) is 17.3 Å². The van der Waals surface area contributed by atoms with E-state index in [4.69, 9.17) is 18.6 Å². The largest absolute Gasteiger partial charge is 0.490 e. The second kappa shape index (κ2) is 8.51. The molecule has 0 atom stereocenters. The number of amides is 1. The van der Waals surface area contributed by atoms with Crippen molar-refractivity contribution in [2.45, 2.75) is 20.8 Å². The van der Waals surface area contributed by atoms with Gasteiger partial charge in [0.05, 0.1) is 25.3 Å². The predicted octanol–water partition coefficient (Wildman–Crippen LogP) is 3.57. The highest BCUT2D eigenvalue weighted by Gasteiger charge is 2.18. The Balaban J connectivity index is 1.93. The van der Waals surface area contributed by atoms with E-state index in [0.29, 0.717) is 59.4 Å². The maximum Gasteiger partial charge on any atom is 0.417 e. The SMILES string of the molecule is CCOc1cc(C(=O)Nc2ccc3[nH]c(=O)oc3c2)cc(OCC)c1OCC. The maximum atomic E-state index is 12.8. The lowest BCUT2D eigenvalue weighted by molar-refractivity contribution is 0.102. The third-order valence-corrected chi connectivity index (χ3v) is 3.85. The van der Waals surface area contributed by atoms with E-state index in [1.54, 1.807) is 30.3 Å². The summed E-state index contributed by atoms with van der Waals surface area (Å²) in [7, 11) is 0. The fourth-order valence-electron chi connectivity index (χ4n) is 2.75. The van der Waals surface area contributed by atoms with Crippen molar-refractivity contribution in [3.05, 3.63) is 46.4 Å². The summed E-state index contributed by atoms with van der Waals surface area (Å²) in [6, 6.07) is 8.13. The highest BCUT2D eigenvalue weighted by molar-refractivity contribution is 6.05. The van der Waals surface area contributed by atoms with Gasteiger partial charge in [-0.25, -0.2) is 4.79 Å². The molecule has 2 aromatic carbocycles. The fraction of sp³-hybridized carbons (Fsp3) is 0.300. The molecular weight excluding hydrogens is 364 g/mol. The molecule has 1 aromatic heterocycles. The molecular formula is C20H22N2O6. The first kappa shape index (κ1) is 19.3. The minimum absolute atomic E-state index is 0.353. The van der Waals surface area contributed by atoms with Gasteiger partial charge in [0.15, 0.2) is 17.1 Å². The number of H-pyrrole nitrogens is 1. The number of benzene rings is 2. The quantitative estimate of drug-likeness (QED) is 0.613. The van der Waals surface area contributed by atoms with Crippen LogP contribution in [0.5, 0.6) is 17.2 Å². The highest BCUT2D eigenvalue weighted by Crippen LogP contribution is 2.39. The number of rotatable bonds is 8. The normalized spacial score (nSPS) is 10.7. The first-order valence-electron chi connectivity index (χ1n) is 9.06. The molecule has 8 nitrogen and oxygen atoms in total. The van der Waals surface area contributed by atoms with Crippen molar-refractivity contribution in [3.8, 4) is 17.2 Å². The van der Waals surface area contributed by atoms with Crippen molar-refractivity contribution in [2.75, 3.05) is 25.1 Å².